The Morgan fingerprint density at radius 2 is 1.68 bits per heavy atom. The average Bonchev–Trinajstić information content (AvgIpc) is 3.22. The lowest BCUT2D eigenvalue weighted by Crippen LogP contribution is -2.45. The van der Waals surface area contributed by atoms with Gasteiger partial charge in [-0.05, 0) is 60.9 Å². The van der Waals surface area contributed by atoms with Crippen molar-refractivity contribution in [1.29, 1.82) is 5.41 Å². The number of nitrogens with zero attached hydrogens (tertiary/aromatic N) is 3. The van der Waals surface area contributed by atoms with Crippen LogP contribution in [-0.4, -0.2) is 54.9 Å². The highest BCUT2D eigenvalue weighted by molar-refractivity contribution is 8.16. The van der Waals surface area contributed by atoms with Crippen LogP contribution in [0, 0.1) is 19.3 Å². The summed E-state index contributed by atoms with van der Waals surface area (Å²) in [5.74, 6) is 0.503. The van der Waals surface area contributed by atoms with Crippen LogP contribution in [0.25, 0.3) is 6.08 Å². The summed E-state index contributed by atoms with van der Waals surface area (Å²) >= 11 is 0.757. The summed E-state index contributed by atoms with van der Waals surface area (Å²) in [6.07, 6.45) is 2.48. The van der Waals surface area contributed by atoms with Gasteiger partial charge in [-0.25, -0.2) is 13.3 Å². The third kappa shape index (κ3) is 5.05. The van der Waals surface area contributed by atoms with Crippen molar-refractivity contribution in [1.82, 2.24) is 4.90 Å². The average molecular weight is 499 g/mol. The fourth-order valence-corrected chi connectivity index (χ4v) is 5.03. The molecule has 34 heavy (non-hydrogen) atoms. The van der Waals surface area contributed by atoms with Gasteiger partial charge in [-0.15, -0.1) is 0 Å². The molecule has 2 aromatic carbocycles. The Hall–Kier alpha value is -3.44. The van der Waals surface area contributed by atoms with Crippen molar-refractivity contribution >= 4 is 49.9 Å². The molecule has 1 N–H and O–H groups in total. The van der Waals surface area contributed by atoms with Gasteiger partial charge < -0.3 is 9.47 Å². The molecule has 0 atom stereocenters. The summed E-state index contributed by atoms with van der Waals surface area (Å²) in [5.41, 5.74) is 2.98. The lowest BCUT2D eigenvalue weighted by atomic mass is 10.1. The van der Waals surface area contributed by atoms with E-state index in [1.54, 1.807) is 24.3 Å². The molecule has 2 heterocycles. The van der Waals surface area contributed by atoms with E-state index in [4.69, 9.17) is 14.9 Å². The molecule has 0 aromatic heterocycles. The highest BCUT2D eigenvalue weighted by Crippen LogP contribution is 2.29. The minimum Gasteiger partial charge on any atom is -0.490 e. The maximum absolute atomic E-state index is 12.4. The molecule has 1 amide bonds. The zero-order valence-corrected chi connectivity index (χ0v) is 20.4. The largest absolute Gasteiger partial charge is 0.490 e. The maximum atomic E-state index is 12.4. The molecule has 2 aliphatic rings. The zero-order chi connectivity index (χ0) is 24.5. The summed E-state index contributed by atoms with van der Waals surface area (Å²) in [5, 5.41) is 8.11. The van der Waals surface area contributed by atoms with Crippen molar-refractivity contribution in [2.24, 2.45) is 9.39 Å². The van der Waals surface area contributed by atoms with Crippen LogP contribution in [-0.2, 0) is 14.6 Å². The Balaban J connectivity index is 1.39. The van der Waals surface area contributed by atoms with Crippen molar-refractivity contribution in [2.75, 3.05) is 19.5 Å². The van der Waals surface area contributed by atoms with Crippen LogP contribution in [0.5, 0.6) is 11.5 Å². The molecule has 11 heteroatoms. The van der Waals surface area contributed by atoms with E-state index in [0.717, 1.165) is 34.4 Å². The Morgan fingerprint density at radius 3 is 2.32 bits per heavy atom. The first kappa shape index (κ1) is 23.7. The quantitative estimate of drug-likeness (QED) is 0.368. The van der Waals surface area contributed by atoms with Gasteiger partial charge in [0.25, 0.3) is 5.91 Å². The molecule has 9 nitrogen and oxygen atoms in total. The topological polar surface area (TPSA) is 121 Å². The van der Waals surface area contributed by atoms with Gasteiger partial charge in [-0.1, -0.05) is 18.2 Å². The molecule has 2 aliphatic heterocycles. The van der Waals surface area contributed by atoms with Crippen LogP contribution in [0.2, 0.25) is 0 Å². The zero-order valence-electron chi connectivity index (χ0n) is 18.7. The molecule has 0 fully saturated rings. The predicted molar refractivity (Wildman–Crippen MR) is 133 cm³/mol. The van der Waals surface area contributed by atoms with Gasteiger partial charge in [0.2, 0.25) is 20.2 Å². The van der Waals surface area contributed by atoms with Gasteiger partial charge in [0.1, 0.15) is 30.5 Å². The number of benzene rings is 2. The number of nitrogens with one attached hydrogen (secondary N) is 1. The molecule has 0 radical (unpaired) electrons. The maximum Gasteiger partial charge on any atom is 0.283 e. The third-order valence-electron chi connectivity index (χ3n) is 5.12. The molecule has 0 spiro atoms. The monoisotopic (exact) mass is 498 g/mol. The number of aryl methyl sites for hydroxylation is 2. The SMILES string of the molecule is Cc1ccc(OCCOc2ccc(/C=C3/C(=N)N4C(=NC3=O)SN=C4S(C)(=O)=O)cc2)cc1C. The van der Waals surface area contributed by atoms with Gasteiger partial charge in [-0.3, -0.25) is 10.2 Å². The second-order valence-corrected chi connectivity index (χ2v) is 10.3. The number of hydrogen-bond acceptors (Lipinski definition) is 8. The molecule has 0 aliphatic carbocycles. The number of sulfone groups is 1. The van der Waals surface area contributed by atoms with E-state index < -0.39 is 15.7 Å². The number of fused-ring (bicyclic) bond motifs is 1. The summed E-state index contributed by atoms with van der Waals surface area (Å²) < 4.78 is 39.2. The molecular weight excluding hydrogens is 476 g/mol. The number of aliphatic imine (C=N–C) groups is 1. The van der Waals surface area contributed by atoms with E-state index in [1.807, 2.05) is 32.0 Å². The van der Waals surface area contributed by atoms with Crippen molar-refractivity contribution in [3.8, 4) is 11.5 Å². The van der Waals surface area contributed by atoms with E-state index in [1.165, 1.54) is 11.6 Å². The number of rotatable bonds is 6. The standard InChI is InChI=1S/C23H22N4O5S2/c1-14-4-7-18(12-15(14)2)32-11-10-31-17-8-5-16(6-9-17)13-19-20(24)27-22(25-21(19)28)33-26-23(27)34(3,29)30/h4-9,12-13,24H,10-11H2,1-3H3/b19-13-,24-20?. The molecule has 0 unspecified atom stereocenters. The fraction of sp³-hybridized carbons (Fsp3) is 0.217. The number of amidine groups is 3. The first-order valence-electron chi connectivity index (χ1n) is 10.3. The van der Waals surface area contributed by atoms with Crippen LogP contribution < -0.4 is 9.47 Å². The summed E-state index contributed by atoms with van der Waals surface area (Å²) in [6, 6.07) is 12.9. The molecule has 0 saturated heterocycles. The smallest absolute Gasteiger partial charge is 0.283 e. The summed E-state index contributed by atoms with van der Waals surface area (Å²) in [6.45, 7) is 4.82. The van der Waals surface area contributed by atoms with Crippen molar-refractivity contribution in [2.45, 2.75) is 13.8 Å². The van der Waals surface area contributed by atoms with Crippen molar-refractivity contribution in [3.63, 3.8) is 0 Å². The van der Waals surface area contributed by atoms with Crippen molar-refractivity contribution < 1.29 is 22.7 Å². The van der Waals surface area contributed by atoms with Gasteiger partial charge in [0.15, 0.2) is 0 Å². The van der Waals surface area contributed by atoms with Crippen LogP contribution in [0.4, 0.5) is 0 Å². The second kappa shape index (κ2) is 9.43. The Labute approximate surface area is 201 Å². The highest BCUT2D eigenvalue weighted by atomic mass is 32.2. The van der Waals surface area contributed by atoms with Crippen LogP contribution in [0.15, 0.2) is 57.4 Å². The number of ether oxygens (including phenoxy) is 2. The Morgan fingerprint density at radius 1 is 1.03 bits per heavy atom. The van der Waals surface area contributed by atoms with E-state index in [0.29, 0.717) is 24.5 Å². The normalized spacial score (nSPS) is 16.9. The van der Waals surface area contributed by atoms with Gasteiger partial charge in [0.05, 0.1) is 17.5 Å². The number of carbonyl (C=O) groups is 1. The van der Waals surface area contributed by atoms with E-state index in [9.17, 15) is 13.2 Å². The third-order valence-corrected chi connectivity index (χ3v) is 6.87. The second-order valence-electron chi connectivity index (χ2n) is 7.69. The first-order valence-corrected chi connectivity index (χ1v) is 12.9. The van der Waals surface area contributed by atoms with Crippen LogP contribution in [0.3, 0.4) is 0 Å². The van der Waals surface area contributed by atoms with Crippen LogP contribution >= 0.6 is 11.9 Å². The number of amides is 1. The van der Waals surface area contributed by atoms with E-state index in [-0.39, 0.29) is 21.7 Å². The fourth-order valence-electron chi connectivity index (χ4n) is 3.19. The first-order chi connectivity index (χ1) is 16.1. The lowest BCUT2D eigenvalue weighted by Gasteiger charge is -2.23. The van der Waals surface area contributed by atoms with E-state index >= 15 is 0 Å². The van der Waals surface area contributed by atoms with Gasteiger partial charge in [-0.2, -0.15) is 9.39 Å². The number of hydrogen-bond donors (Lipinski definition) is 1. The van der Waals surface area contributed by atoms with Gasteiger partial charge >= 0.3 is 0 Å². The molecule has 0 bridgehead atoms. The summed E-state index contributed by atoms with van der Waals surface area (Å²) in [7, 11) is -3.69. The minimum atomic E-state index is -3.69. The van der Waals surface area contributed by atoms with E-state index in [2.05, 4.69) is 9.39 Å². The minimum absolute atomic E-state index is 0.0296. The molecule has 0 saturated carbocycles. The van der Waals surface area contributed by atoms with Crippen LogP contribution in [0.1, 0.15) is 16.7 Å². The predicted octanol–water partition coefficient (Wildman–Crippen LogP) is 3.38. The molecular formula is C23H22N4O5S2. The summed E-state index contributed by atoms with van der Waals surface area (Å²) in [4.78, 5) is 17.4. The van der Waals surface area contributed by atoms with Gasteiger partial charge in [0, 0.05) is 6.26 Å². The Bertz CT molecular complexity index is 1360. The Kier molecular flexibility index (Phi) is 6.58. The molecule has 4 rings (SSSR count). The molecule has 2 aromatic rings. The number of carbonyl (C=O) groups excluding carboxylic acids is 1. The van der Waals surface area contributed by atoms with Crippen molar-refractivity contribution in [3.05, 3.63) is 64.7 Å². The molecule has 176 valence electrons. The lowest BCUT2D eigenvalue weighted by molar-refractivity contribution is -0.114. The highest BCUT2D eigenvalue weighted by Gasteiger charge is 2.41.